The molecule has 6 heteroatoms. The van der Waals surface area contributed by atoms with Crippen LogP contribution in [-0.2, 0) is 0 Å². The van der Waals surface area contributed by atoms with Crippen molar-refractivity contribution in [2.45, 2.75) is 26.8 Å². The van der Waals surface area contributed by atoms with Gasteiger partial charge >= 0.3 is 0 Å². The second kappa shape index (κ2) is 5.96. The van der Waals surface area contributed by atoms with Crippen molar-refractivity contribution in [2.75, 3.05) is 0 Å². The third kappa shape index (κ3) is 3.03. The fourth-order valence-corrected chi connectivity index (χ4v) is 3.55. The summed E-state index contributed by atoms with van der Waals surface area (Å²) in [5, 5.41) is 5.21. The van der Waals surface area contributed by atoms with E-state index in [2.05, 4.69) is 15.3 Å². The quantitative estimate of drug-likeness (QED) is 0.776. The van der Waals surface area contributed by atoms with Crippen LogP contribution in [0.5, 0.6) is 0 Å². The Bertz CT molecular complexity index is 942. The highest BCUT2D eigenvalue weighted by molar-refractivity contribution is 7.11. The predicted octanol–water partition coefficient (Wildman–Crippen LogP) is 3.09. The molecule has 0 fully saturated rings. The molecule has 0 aliphatic rings. The molecule has 0 aliphatic carbocycles. The molecular formula is C17H17N3O2S. The lowest BCUT2D eigenvalue weighted by atomic mass is 10.1. The largest absolute Gasteiger partial charge is 0.343 e. The van der Waals surface area contributed by atoms with Crippen LogP contribution < -0.4 is 10.9 Å². The highest BCUT2D eigenvalue weighted by atomic mass is 32.1. The van der Waals surface area contributed by atoms with E-state index in [9.17, 15) is 9.59 Å². The van der Waals surface area contributed by atoms with Crippen LogP contribution in [0.3, 0.4) is 0 Å². The van der Waals surface area contributed by atoms with Gasteiger partial charge in [0.15, 0.2) is 0 Å². The van der Waals surface area contributed by atoms with Gasteiger partial charge < -0.3 is 10.3 Å². The zero-order valence-corrected chi connectivity index (χ0v) is 14.0. The lowest BCUT2D eigenvalue weighted by molar-refractivity contribution is 0.0935. The number of hydrogen-bond donors (Lipinski definition) is 2. The Morgan fingerprint density at radius 3 is 2.74 bits per heavy atom. The molecule has 5 nitrogen and oxygen atoms in total. The molecule has 3 rings (SSSR count). The Balaban J connectivity index is 1.89. The van der Waals surface area contributed by atoms with Gasteiger partial charge in [-0.3, -0.25) is 9.59 Å². The maximum Gasteiger partial charge on any atom is 0.268 e. The maximum atomic E-state index is 12.4. The van der Waals surface area contributed by atoms with E-state index < -0.39 is 0 Å². The summed E-state index contributed by atoms with van der Waals surface area (Å²) in [5.41, 5.74) is 0.928. The van der Waals surface area contributed by atoms with Crippen molar-refractivity contribution in [1.29, 1.82) is 0 Å². The van der Waals surface area contributed by atoms with Crippen molar-refractivity contribution in [3.8, 4) is 0 Å². The van der Waals surface area contributed by atoms with E-state index in [-0.39, 0.29) is 23.2 Å². The molecule has 23 heavy (non-hydrogen) atoms. The molecule has 0 saturated carbocycles. The first-order valence-electron chi connectivity index (χ1n) is 7.32. The van der Waals surface area contributed by atoms with Crippen LogP contribution in [0, 0.1) is 13.8 Å². The predicted molar refractivity (Wildman–Crippen MR) is 92.0 cm³/mol. The number of fused-ring (bicyclic) bond motifs is 1. The van der Waals surface area contributed by atoms with E-state index in [1.165, 1.54) is 0 Å². The Morgan fingerprint density at radius 1 is 1.30 bits per heavy atom. The topological polar surface area (TPSA) is 74.8 Å². The van der Waals surface area contributed by atoms with Crippen molar-refractivity contribution < 1.29 is 4.79 Å². The van der Waals surface area contributed by atoms with E-state index in [1.807, 2.05) is 32.9 Å². The lowest BCUT2D eigenvalue weighted by Crippen LogP contribution is -2.29. The Labute approximate surface area is 137 Å². The first kappa shape index (κ1) is 15.4. The maximum absolute atomic E-state index is 12.4. The molecule has 2 N–H and O–H groups in total. The van der Waals surface area contributed by atoms with Crippen molar-refractivity contribution in [2.24, 2.45) is 0 Å². The summed E-state index contributed by atoms with van der Waals surface area (Å²) in [6.45, 7) is 5.78. The number of nitrogens with one attached hydrogen (secondary N) is 2. The molecule has 118 valence electrons. The monoisotopic (exact) mass is 327 g/mol. The second-order valence-corrected chi connectivity index (χ2v) is 6.71. The summed E-state index contributed by atoms with van der Waals surface area (Å²) < 4.78 is 0. The Morgan fingerprint density at radius 2 is 2.04 bits per heavy atom. The number of pyridine rings is 1. The van der Waals surface area contributed by atoms with Gasteiger partial charge in [-0.15, -0.1) is 11.3 Å². The molecule has 0 unspecified atom stereocenters. The summed E-state index contributed by atoms with van der Waals surface area (Å²) in [7, 11) is 0. The van der Waals surface area contributed by atoms with Gasteiger partial charge in [0.25, 0.3) is 11.5 Å². The second-order valence-electron chi connectivity index (χ2n) is 5.48. The zero-order valence-electron chi connectivity index (χ0n) is 13.1. The van der Waals surface area contributed by atoms with Gasteiger partial charge in [0, 0.05) is 10.3 Å². The summed E-state index contributed by atoms with van der Waals surface area (Å²) in [5.74, 6) is -0.300. The summed E-state index contributed by atoms with van der Waals surface area (Å²) >= 11 is 1.57. The normalized spacial score (nSPS) is 12.3. The molecule has 0 aliphatic heterocycles. The standard InChI is InChI=1S/C17H17N3O2S/c1-9-15(23-11(3)18-9)10(2)19-17(22)14-8-12-6-4-5-7-13(12)16(21)20-14/h4-8,10H,1-3H3,(H,19,22)(H,20,21)/t10-/m0/s1. The average molecular weight is 327 g/mol. The Kier molecular flexibility index (Phi) is 4.00. The number of amides is 1. The van der Waals surface area contributed by atoms with Crippen LogP contribution >= 0.6 is 11.3 Å². The molecule has 0 bridgehead atoms. The molecule has 1 amide bonds. The first-order chi connectivity index (χ1) is 11.0. The molecule has 0 spiro atoms. The van der Waals surface area contributed by atoms with Crippen LogP contribution in [0.1, 0.15) is 39.0 Å². The van der Waals surface area contributed by atoms with E-state index in [1.54, 1.807) is 29.5 Å². The summed E-state index contributed by atoms with van der Waals surface area (Å²) in [6, 6.07) is 8.74. The number of aromatic nitrogens is 2. The molecule has 0 saturated heterocycles. The van der Waals surface area contributed by atoms with Gasteiger partial charge in [-0.25, -0.2) is 4.98 Å². The molecule has 2 aromatic heterocycles. The molecular weight excluding hydrogens is 310 g/mol. The SMILES string of the molecule is Cc1nc(C)c([C@H](C)NC(=O)c2cc3ccccc3c(=O)[nH]2)s1. The minimum absolute atomic E-state index is 0.163. The number of carbonyl (C=O) groups excluding carboxylic acids is 1. The minimum Gasteiger partial charge on any atom is -0.343 e. The highest BCUT2D eigenvalue weighted by Crippen LogP contribution is 2.24. The number of hydrogen-bond acceptors (Lipinski definition) is 4. The third-order valence-corrected chi connectivity index (χ3v) is 4.93. The third-order valence-electron chi connectivity index (χ3n) is 3.68. The molecule has 1 atom stereocenters. The van der Waals surface area contributed by atoms with Crippen molar-refractivity contribution in [1.82, 2.24) is 15.3 Å². The van der Waals surface area contributed by atoms with Gasteiger partial charge in [0.2, 0.25) is 0 Å². The van der Waals surface area contributed by atoms with Crippen LogP contribution in [0.4, 0.5) is 0 Å². The number of thiazole rings is 1. The summed E-state index contributed by atoms with van der Waals surface area (Å²) in [4.78, 5) is 32.6. The highest BCUT2D eigenvalue weighted by Gasteiger charge is 2.17. The minimum atomic E-state index is -0.300. The average Bonchev–Trinajstić information content (AvgIpc) is 2.86. The van der Waals surface area contributed by atoms with E-state index >= 15 is 0 Å². The summed E-state index contributed by atoms with van der Waals surface area (Å²) in [6.07, 6.45) is 0. The van der Waals surface area contributed by atoms with Gasteiger partial charge in [0.1, 0.15) is 5.69 Å². The number of carbonyl (C=O) groups is 1. The lowest BCUT2D eigenvalue weighted by Gasteiger charge is -2.13. The molecule has 0 radical (unpaired) electrons. The van der Waals surface area contributed by atoms with Crippen molar-refractivity contribution in [3.63, 3.8) is 0 Å². The number of H-pyrrole nitrogens is 1. The molecule has 3 aromatic rings. The molecule has 1 aromatic carbocycles. The smallest absolute Gasteiger partial charge is 0.268 e. The Hall–Kier alpha value is -2.47. The van der Waals surface area contributed by atoms with Crippen LogP contribution in [0.15, 0.2) is 35.1 Å². The van der Waals surface area contributed by atoms with Crippen LogP contribution in [0.2, 0.25) is 0 Å². The number of aryl methyl sites for hydroxylation is 2. The van der Waals surface area contributed by atoms with Crippen LogP contribution in [-0.4, -0.2) is 15.9 Å². The van der Waals surface area contributed by atoms with Crippen LogP contribution in [0.25, 0.3) is 10.8 Å². The number of benzene rings is 1. The van der Waals surface area contributed by atoms with Crippen molar-refractivity contribution in [3.05, 3.63) is 62.0 Å². The number of nitrogens with zero attached hydrogens (tertiary/aromatic N) is 1. The van der Waals surface area contributed by atoms with Gasteiger partial charge in [-0.2, -0.15) is 0 Å². The first-order valence-corrected chi connectivity index (χ1v) is 8.14. The van der Waals surface area contributed by atoms with Crippen molar-refractivity contribution >= 4 is 28.0 Å². The zero-order chi connectivity index (χ0) is 16.6. The van der Waals surface area contributed by atoms with E-state index in [4.69, 9.17) is 0 Å². The van der Waals surface area contributed by atoms with Gasteiger partial charge in [0.05, 0.1) is 16.7 Å². The fraction of sp³-hybridized carbons (Fsp3) is 0.235. The number of rotatable bonds is 3. The van der Waals surface area contributed by atoms with Gasteiger partial charge in [-0.05, 0) is 38.3 Å². The fourth-order valence-electron chi connectivity index (χ4n) is 2.62. The molecule has 2 heterocycles. The van der Waals surface area contributed by atoms with Gasteiger partial charge in [-0.1, -0.05) is 18.2 Å². The van der Waals surface area contributed by atoms with E-state index in [0.29, 0.717) is 5.39 Å². The van der Waals surface area contributed by atoms with E-state index in [0.717, 1.165) is 21.0 Å². The number of aromatic amines is 1.